The summed E-state index contributed by atoms with van der Waals surface area (Å²) in [6.45, 7) is 1.84. The fraction of sp³-hybridized carbons (Fsp3) is 0.250. The van der Waals surface area contributed by atoms with Crippen molar-refractivity contribution in [3.05, 3.63) is 53.5 Å². The lowest BCUT2D eigenvalue weighted by Crippen LogP contribution is -2.32. The zero-order chi connectivity index (χ0) is 20.5. The number of amides is 1. The number of likely N-dealkylation sites (N-methyl/N-ethyl adjacent to an activating group) is 1. The third-order valence-corrected chi connectivity index (χ3v) is 6.66. The first-order valence-electron chi connectivity index (χ1n) is 8.95. The Hall–Kier alpha value is -2.52. The van der Waals surface area contributed by atoms with Gasteiger partial charge in [-0.3, -0.25) is 4.79 Å². The Kier molecular flexibility index (Phi) is 5.51. The number of aromatic nitrogens is 3. The van der Waals surface area contributed by atoms with E-state index in [2.05, 4.69) is 9.97 Å². The maximum absolute atomic E-state index is 13.0. The molecule has 2 aromatic heterocycles. The zero-order valence-corrected chi connectivity index (χ0v) is 17.4. The van der Waals surface area contributed by atoms with Gasteiger partial charge in [0.1, 0.15) is 11.6 Å². The summed E-state index contributed by atoms with van der Waals surface area (Å²) in [7, 11) is 1.71. The number of carbonyl (C=O) groups is 1. The molecular formula is C20H18F2N4OS2. The highest BCUT2D eigenvalue weighted by Crippen LogP contribution is 2.31. The van der Waals surface area contributed by atoms with Crippen molar-refractivity contribution >= 4 is 50.3 Å². The number of fused-ring (bicyclic) bond motifs is 2. The number of para-hydroxylation sites is 3. The van der Waals surface area contributed by atoms with Crippen molar-refractivity contribution in [2.24, 2.45) is 0 Å². The van der Waals surface area contributed by atoms with E-state index < -0.39 is 5.76 Å². The highest BCUT2D eigenvalue weighted by Gasteiger charge is 2.23. The molecule has 0 bridgehead atoms. The molecule has 0 saturated carbocycles. The predicted octanol–water partition coefficient (Wildman–Crippen LogP) is 5.18. The number of halogens is 2. The Morgan fingerprint density at radius 1 is 1.14 bits per heavy atom. The van der Waals surface area contributed by atoms with Gasteiger partial charge in [0.05, 0.1) is 27.3 Å². The summed E-state index contributed by atoms with van der Waals surface area (Å²) >= 11 is 1.90. The lowest BCUT2D eigenvalue weighted by Gasteiger charge is -2.24. The smallest absolute Gasteiger partial charge is 0.291 e. The van der Waals surface area contributed by atoms with E-state index in [9.17, 15) is 13.6 Å². The Morgan fingerprint density at radius 2 is 1.83 bits per heavy atom. The van der Waals surface area contributed by atoms with Gasteiger partial charge in [0.15, 0.2) is 5.16 Å². The molecule has 2 aromatic carbocycles. The molecule has 1 atom stereocenters. The van der Waals surface area contributed by atoms with Gasteiger partial charge >= 0.3 is 0 Å². The second-order valence-electron chi connectivity index (χ2n) is 6.55. The second kappa shape index (κ2) is 8.08. The molecule has 5 nitrogen and oxygen atoms in total. The minimum absolute atomic E-state index is 0.0682. The quantitative estimate of drug-likeness (QED) is 0.394. The van der Waals surface area contributed by atoms with Gasteiger partial charge in [-0.15, -0.1) is 11.3 Å². The first kappa shape index (κ1) is 19.8. The van der Waals surface area contributed by atoms with E-state index in [0.29, 0.717) is 22.8 Å². The molecular weight excluding hydrogens is 414 g/mol. The molecule has 0 fully saturated rings. The number of benzene rings is 2. The van der Waals surface area contributed by atoms with Crippen molar-refractivity contribution < 1.29 is 13.6 Å². The van der Waals surface area contributed by atoms with Crippen LogP contribution < -0.4 is 0 Å². The topological polar surface area (TPSA) is 51.0 Å². The van der Waals surface area contributed by atoms with Gasteiger partial charge in [-0.05, 0) is 43.0 Å². The number of rotatable bonds is 6. The summed E-state index contributed by atoms with van der Waals surface area (Å²) in [5, 5.41) is 0.968. The summed E-state index contributed by atoms with van der Waals surface area (Å²) in [5.74, 6) is -2.81. The van der Waals surface area contributed by atoms with E-state index in [1.165, 1.54) is 0 Å². The molecule has 4 rings (SSSR count). The van der Waals surface area contributed by atoms with Crippen molar-refractivity contribution in [1.82, 2.24) is 19.4 Å². The van der Waals surface area contributed by atoms with Gasteiger partial charge in [-0.25, -0.2) is 9.97 Å². The van der Waals surface area contributed by atoms with Crippen LogP contribution in [0, 0.1) is 0 Å². The second-order valence-corrected chi connectivity index (χ2v) is 8.57. The van der Waals surface area contributed by atoms with Crippen LogP contribution in [0.1, 0.15) is 18.0 Å². The average Bonchev–Trinajstić information content (AvgIpc) is 3.28. The molecule has 9 heteroatoms. The van der Waals surface area contributed by atoms with E-state index in [4.69, 9.17) is 0 Å². The van der Waals surface area contributed by atoms with Crippen LogP contribution in [0.25, 0.3) is 21.3 Å². The number of hydrogen-bond donors (Lipinski definition) is 0. The number of thioether (sulfide) groups is 1. The summed E-state index contributed by atoms with van der Waals surface area (Å²) < 4.78 is 28.6. The number of thiazole rings is 1. The lowest BCUT2D eigenvalue weighted by atomic mass is 10.3. The molecule has 0 aliphatic heterocycles. The summed E-state index contributed by atoms with van der Waals surface area (Å²) in [6.07, 6.45) is 0. The molecule has 0 aliphatic rings. The van der Waals surface area contributed by atoms with Crippen LogP contribution in [0.2, 0.25) is 0 Å². The molecule has 0 spiro atoms. The monoisotopic (exact) mass is 432 g/mol. The van der Waals surface area contributed by atoms with E-state index in [1.54, 1.807) is 52.1 Å². The van der Waals surface area contributed by atoms with Gasteiger partial charge < -0.3 is 9.47 Å². The maximum Gasteiger partial charge on any atom is 0.291 e. The van der Waals surface area contributed by atoms with Crippen LogP contribution in [0.5, 0.6) is 0 Å². The zero-order valence-electron chi connectivity index (χ0n) is 15.8. The summed E-state index contributed by atoms with van der Waals surface area (Å²) in [5.41, 5.74) is 2.15. The minimum Gasteiger partial charge on any atom is -0.335 e. The Balaban J connectivity index is 1.59. The van der Waals surface area contributed by atoms with Crippen LogP contribution in [-0.2, 0) is 11.3 Å². The van der Waals surface area contributed by atoms with Crippen molar-refractivity contribution in [3.8, 4) is 0 Å². The third-order valence-electron chi connectivity index (χ3n) is 4.75. The molecule has 0 saturated heterocycles. The summed E-state index contributed by atoms with van der Waals surface area (Å²) in [4.78, 5) is 23.5. The average molecular weight is 433 g/mol. The number of imidazole rings is 1. The van der Waals surface area contributed by atoms with Crippen LogP contribution in [-0.4, -0.2) is 38.1 Å². The van der Waals surface area contributed by atoms with Gasteiger partial charge in [-0.1, -0.05) is 24.3 Å². The molecule has 2 heterocycles. The molecule has 1 amide bonds. The number of nitrogens with zero attached hydrogens (tertiary/aromatic N) is 4. The third kappa shape index (κ3) is 3.97. The van der Waals surface area contributed by atoms with Gasteiger partial charge in [-0.2, -0.15) is 8.78 Å². The molecule has 0 N–H and O–H groups in total. The maximum atomic E-state index is 13.0. The number of carbonyl (C=O) groups excluding carboxylic acids is 1. The SMILES string of the molecule is CC(c1nc2ccccc2s1)N(C)C(=O)Cn1c(SC(F)F)nc2ccccc21. The molecule has 1 unspecified atom stereocenters. The van der Waals surface area contributed by atoms with Crippen LogP contribution in [0.4, 0.5) is 8.78 Å². The molecule has 4 aromatic rings. The Labute approximate surface area is 174 Å². The minimum atomic E-state index is -2.61. The Bertz CT molecular complexity index is 1140. The number of alkyl halides is 2. The van der Waals surface area contributed by atoms with E-state index in [1.807, 2.05) is 31.2 Å². The lowest BCUT2D eigenvalue weighted by molar-refractivity contribution is -0.132. The molecule has 150 valence electrons. The van der Waals surface area contributed by atoms with E-state index in [-0.39, 0.29) is 23.7 Å². The van der Waals surface area contributed by atoms with E-state index in [0.717, 1.165) is 15.2 Å². The predicted molar refractivity (Wildman–Crippen MR) is 112 cm³/mol. The van der Waals surface area contributed by atoms with Gasteiger partial charge in [0, 0.05) is 7.05 Å². The first-order chi connectivity index (χ1) is 13.9. The Morgan fingerprint density at radius 3 is 2.55 bits per heavy atom. The molecule has 0 aliphatic carbocycles. The van der Waals surface area contributed by atoms with Crippen molar-refractivity contribution in [2.45, 2.75) is 30.4 Å². The van der Waals surface area contributed by atoms with Crippen molar-refractivity contribution in [2.75, 3.05) is 7.05 Å². The molecule has 0 radical (unpaired) electrons. The highest BCUT2D eigenvalue weighted by atomic mass is 32.2. The van der Waals surface area contributed by atoms with Crippen LogP contribution in [0.15, 0.2) is 53.7 Å². The van der Waals surface area contributed by atoms with Crippen LogP contribution in [0.3, 0.4) is 0 Å². The standard InChI is InChI=1S/C20H18F2N4OS2/c1-12(18-23-14-8-4-6-10-16(14)28-18)25(2)17(27)11-26-15-9-5-3-7-13(15)24-20(26)29-19(21)22/h3-10,12,19H,11H2,1-2H3. The van der Waals surface area contributed by atoms with Gasteiger partial charge in [0.25, 0.3) is 5.76 Å². The highest BCUT2D eigenvalue weighted by molar-refractivity contribution is 7.99. The molecule has 29 heavy (non-hydrogen) atoms. The first-order valence-corrected chi connectivity index (χ1v) is 10.6. The largest absolute Gasteiger partial charge is 0.335 e. The fourth-order valence-corrected chi connectivity index (χ4v) is 4.74. The van der Waals surface area contributed by atoms with Crippen molar-refractivity contribution in [3.63, 3.8) is 0 Å². The fourth-order valence-electron chi connectivity index (χ4n) is 3.07. The van der Waals surface area contributed by atoms with Crippen molar-refractivity contribution in [1.29, 1.82) is 0 Å². The number of hydrogen-bond acceptors (Lipinski definition) is 5. The summed E-state index contributed by atoms with van der Waals surface area (Å²) in [6, 6.07) is 14.7. The van der Waals surface area contributed by atoms with E-state index >= 15 is 0 Å². The van der Waals surface area contributed by atoms with Crippen LogP contribution >= 0.6 is 23.1 Å². The normalized spacial score (nSPS) is 12.7. The van der Waals surface area contributed by atoms with Gasteiger partial charge in [0.2, 0.25) is 5.91 Å².